The van der Waals surface area contributed by atoms with Gasteiger partial charge in [0.15, 0.2) is 0 Å². The lowest BCUT2D eigenvalue weighted by Crippen LogP contribution is -2.41. The number of thioether (sulfide) groups is 1. The fraction of sp³-hybridized carbons (Fsp3) is 0.524. The van der Waals surface area contributed by atoms with Gasteiger partial charge in [-0.1, -0.05) is 37.8 Å². The molecule has 1 amide bonds. The third-order valence-electron chi connectivity index (χ3n) is 5.17. The number of carbonyl (C=O) groups excluding carboxylic acids is 1. The van der Waals surface area contributed by atoms with Crippen molar-refractivity contribution in [1.29, 1.82) is 5.26 Å². The SMILES string of the molecule is CCn1c(N2CCOCC2)c(C=C2SC(=S)N(CC(C)C)C2=O)c(C)c(C#N)c1=O. The normalized spacial score (nSPS) is 18.6. The van der Waals surface area contributed by atoms with Crippen LogP contribution in [0, 0.1) is 24.2 Å². The van der Waals surface area contributed by atoms with Crippen LogP contribution < -0.4 is 10.5 Å². The van der Waals surface area contributed by atoms with Crippen molar-refractivity contribution in [3.05, 3.63) is 31.9 Å². The lowest BCUT2D eigenvalue weighted by molar-refractivity contribution is -0.122. The lowest BCUT2D eigenvalue weighted by atomic mass is 10.0. The predicted octanol–water partition coefficient (Wildman–Crippen LogP) is 2.74. The molecule has 2 aliphatic rings. The van der Waals surface area contributed by atoms with E-state index in [1.165, 1.54) is 11.8 Å². The van der Waals surface area contributed by atoms with E-state index in [1.807, 2.05) is 20.8 Å². The molecule has 3 heterocycles. The first-order valence-electron chi connectivity index (χ1n) is 10.1. The Hall–Kier alpha value is -2.15. The lowest BCUT2D eigenvalue weighted by Gasteiger charge is -2.33. The standard InChI is InChI=1S/C21H26N4O3S2/c1-5-24-18(23-6-8-28-9-7-23)15(14(4)16(11-22)19(24)26)10-17-20(27)25(12-13(2)3)21(29)30-17/h10,13H,5-9,12H2,1-4H3. The first-order valence-corrected chi connectivity index (χ1v) is 11.3. The van der Waals surface area contributed by atoms with Crippen molar-refractivity contribution in [2.75, 3.05) is 37.7 Å². The smallest absolute Gasteiger partial charge is 0.270 e. The summed E-state index contributed by atoms with van der Waals surface area (Å²) < 4.78 is 7.64. The number of nitrogens with zero attached hydrogens (tertiary/aromatic N) is 4. The summed E-state index contributed by atoms with van der Waals surface area (Å²) in [6, 6.07) is 2.05. The monoisotopic (exact) mass is 446 g/mol. The number of pyridine rings is 1. The molecule has 0 unspecified atom stereocenters. The highest BCUT2D eigenvalue weighted by atomic mass is 32.2. The van der Waals surface area contributed by atoms with E-state index in [4.69, 9.17) is 17.0 Å². The van der Waals surface area contributed by atoms with E-state index in [1.54, 1.807) is 22.5 Å². The first kappa shape index (κ1) is 22.5. The molecular formula is C21H26N4O3S2. The van der Waals surface area contributed by atoms with Gasteiger partial charge in [-0.2, -0.15) is 5.26 Å². The van der Waals surface area contributed by atoms with E-state index >= 15 is 0 Å². The molecule has 3 rings (SSSR count). The summed E-state index contributed by atoms with van der Waals surface area (Å²) in [6.45, 7) is 11.1. The minimum absolute atomic E-state index is 0.109. The quantitative estimate of drug-likeness (QED) is 0.508. The Morgan fingerprint density at radius 2 is 1.97 bits per heavy atom. The van der Waals surface area contributed by atoms with E-state index in [0.717, 1.165) is 11.4 Å². The third-order valence-corrected chi connectivity index (χ3v) is 6.55. The molecule has 0 spiro atoms. The van der Waals surface area contributed by atoms with Crippen LogP contribution in [-0.2, 0) is 16.1 Å². The summed E-state index contributed by atoms with van der Waals surface area (Å²) in [5, 5.41) is 9.62. The van der Waals surface area contributed by atoms with Gasteiger partial charge in [0.1, 0.15) is 21.8 Å². The topological polar surface area (TPSA) is 78.6 Å². The summed E-state index contributed by atoms with van der Waals surface area (Å²) in [4.78, 5) is 30.2. The van der Waals surface area contributed by atoms with E-state index in [-0.39, 0.29) is 17.0 Å². The summed E-state index contributed by atoms with van der Waals surface area (Å²) >= 11 is 6.70. The summed E-state index contributed by atoms with van der Waals surface area (Å²) in [5.74, 6) is 0.903. The van der Waals surface area contributed by atoms with Gasteiger partial charge in [0, 0.05) is 31.7 Å². The predicted molar refractivity (Wildman–Crippen MR) is 124 cm³/mol. The number of hydrogen-bond acceptors (Lipinski definition) is 7. The van der Waals surface area contributed by atoms with E-state index in [2.05, 4.69) is 11.0 Å². The van der Waals surface area contributed by atoms with Gasteiger partial charge < -0.3 is 9.64 Å². The average molecular weight is 447 g/mol. The number of rotatable bonds is 5. The zero-order valence-corrected chi connectivity index (χ0v) is 19.4. The van der Waals surface area contributed by atoms with Gasteiger partial charge in [-0.15, -0.1) is 0 Å². The van der Waals surface area contributed by atoms with Crippen LogP contribution in [0.25, 0.3) is 6.08 Å². The molecule has 0 N–H and O–H groups in total. The fourth-order valence-electron chi connectivity index (χ4n) is 3.71. The Morgan fingerprint density at radius 1 is 1.30 bits per heavy atom. The number of anilines is 1. The number of morpholine rings is 1. The highest BCUT2D eigenvalue weighted by molar-refractivity contribution is 8.26. The second kappa shape index (κ2) is 9.33. The van der Waals surface area contributed by atoms with Gasteiger partial charge in [0.2, 0.25) is 0 Å². The van der Waals surface area contributed by atoms with Crippen molar-refractivity contribution in [2.45, 2.75) is 34.2 Å². The maximum Gasteiger partial charge on any atom is 0.270 e. The molecule has 0 aliphatic carbocycles. The minimum Gasteiger partial charge on any atom is -0.378 e. The second-order valence-electron chi connectivity index (χ2n) is 7.68. The largest absolute Gasteiger partial charge is 0.378 e. The molecule has 2 aliphatic heterocycles. The van der Waals surface area contributed by atoms with Crippen LogP contribution >= 0.6 is 24.0 Å². The number of aromatic nitrogens is 1. The minimum atomic E-state index is -0.302. The van der Waals surface area contributed by atoms with Crippen LogP contribution in [-0.4, -0.2) is 52.5 Å². The first-order chi connectivity index (χ1) is 14.3. The van der Waals surface area contributed by atoms with E-state index < -0.39 is 0 Å². The van der Waals surface area contributed by atoms with Crippen LogP contribution in [0.1, 0.15) is 37.5 Å². The van der Waals surface area contributed by atoms with Crippen molar-refractivity contribution in [1.82, 2.24) is 9.47 Å². The van der Waals surface area contributed by atoms with Crippen molar-refractivity contribution in [3.63, 3.8) is 0 Å². The third kappa shape index (κ3) is 4.17. The Bertz CT molecular complexity index is 1000. The molecule has 0 aromatic carbocycles. The Kier molecular flexibility index (Phi) is 7.01. The number of ether oxygens (including phenoxy) is 1. The van der Waals surface area contributed by atoms with Crippen molar-refractivity contribution >= 4 is 46.1 Å². The number of nitriles is 1. The molecule has 7 nitrogen and oxygen atoms in total. The average Bonchev–Trinajstić information content (AvgIpc) is 2.97. The maximum atomic E-state index is 13.0. The Morgan fingerprint density at radius 3 is 2.53 bits per heavy atom. The highest BCUT2D eigenvalue weighted by Gasteiger charge is 2.33. The molecule has 2 saturated heterocycles. The molecule has 1 aromatic heterocycles. The maximum absolute atomic E-state index is 13.0. The zero-order chi connectivity index (χ0) is 22.0. The van der Waals surface area contributed by atoms with Crippen LogP contribution in [0.2, 0.25) is 0 Å². The molecule has 160 valence electrons. The van der Waals surface area contributed by atoms with Crippen molar-refractivity contribution in [2.24, 2.45) is 5.92 Å². The molecule has 30 heavy (non-hydrogen) atoms. The molecule has 9 heteroatoms. The number of carbonyl (C=O) groups is 1. The number of thiocarbonyl (C=S) groups is 1. The van der Waals surface area contributed by atoms with Crippen molar-refractivity contribution in [3.8, 4) is 6.07 Å². The molecule has 0 atom stereocenters. The molecule has 2 fully saturated rings. The Labute approximate surface area is 186 Å². The van der Waals surface area contributed by atoms with Crippen LogP contribution in [0.4, 0.5) is 5.82 Å². The summed E-state index contributed by atoms with van der Waals surface area (Å²) in [6.07, 6.45) is 1.80. The summed E-state index contributed by atoms with van der Waals surface area (Å²) in [5.41, 5.74) is 1.11. The van der Waals surface area contributed by atoms with Gasteiger partial charge in [0.25, 0.3) is 11.5 Å². The van der Waals surface area contributed by atoms with Gasteiger partial charge in [-0.05, 0) is 31.4 Å². The zero-order valence-electron chi connectivity index (χ0n) is 17.7. The van der Waals surface area contributed by atoms with Gasteiger partial charge in [-0.3, -0.25) is 19.1 Å². The Balaban J connectivity index is 2.19. The molecule has 1 aromatic rings. The van der Waals surface area contributed by atoms with E-state index in [0.29, 0.717) is 60.1 Å². The van der Waals surface area contributed by atoms with Gasteiger partial charge in [-0.25, -0.2) is 0 Å². The van der Waals surface area contributed by atoms with E-state index in [9.17, 15) is 14.9 Å². The number of amides is 1. The molecule has 0 saturated carbocycles. The molecule has 0 bridgehead atoms. The van der Waals surface area contributed by atoms with Crippen LogP contribution in [0.15, 0.2) is 9.70 Å². The highest BCUT2D eigenvalue weighted by Crippen LogP contribution is 2.36. The van der Waals surface area contributed by atoms with Crippen LogP contribution in [0.3, 0.4) is 0 Å². The molecule has 0 radical (unpaired) electrons. The number of hydrogen-bond donors (Lipinski definition) is 0. The van der Waals surface area contributed by atoms with Gasteiger partial charge in [0.05, 0.1) is 18.1 Å². The fourth-order valence-corrected chi connectivity index (χ4v) is 4.96. The second-order valence-corrected chi connectivity index (χ2v) is 9.36. The summed E-state index contributed by atoms with van der Waals surface area (Å²) in [7, 11) is 0. The van der Waals surface area contributed by atoms with Gasteiger partial charge >= 0.3 is 0 Å². The molecular weight excluding hydrogens is 420 g/mol. The van der Waals surface area contributed by atoms with Crippen molar-refractivity contribution < 1.29 is 9.53 Å². The van der Waals surface area contributed by atoms with Crippen LogP contribution in [0.5, 0.6) is 0 Å².